The molecule has 0 aromatic heterocycles. The van der Waals surface area contributed by atoms with Crippen molar-refractivity contribution in [3.8, 4) is 5.75 Å². The van der Waals surface area contributed by atoms with Gasteiger partial charge in [0.15, 0.2) is 0 Å². The summed E-state index contributed by atoms with van der Waals surface area (Å²) in [5.41, 5.74) is 6.98. The maximum Gasteiger partial charge on any atom is 0.266 e. The molecule has 106 valence electrons. The van der Waals surface area contributed by atoms with Crippen molar-refractivity contribution in [2.24, 2.45) is 0 Å². The topological polar surface area (TPSA) is 72.6 Å². The highest BCUT2D eigenvalue weighted by Gasteiger charge is 2.37. The number of benzene rings is 2. The Hall–Kier alpha value is -2.53. The van der Waals surface area contributed by atoms with Crippen LogP contribution >= 0.6 is 11.6 Å². The molecule has 3 rings (SSSR count). The third-order valence-electron chi connectivity index (χ3n) is 3.30. The van der Waals surface area contributed by atoms with Gasteiger partial charge in [-0.25, -0.2) is 4.90 Å². The maximum atomic E-state index is 12.5. The van der Waals surface area contributed by atoms with Crippen molar-refractivity contribution in [3.63, 3.8) is 0 Å². The van der Waals surface area contributed by atoms with Crippen molar-refractivity contribution in [1.82, 2.24) is 0 Å². The van der Waals surface area contributed by atoms with E-state index < -0.39 is 11.8 Å². The van der Waals surface area contributed by atoms with Crippen molar-refractivity contribution in [2.75, 3.05) is 17.7 Å². The Bertz CT molecular complexity index is 774. The van der Waals surface area contributed by atoms with Gasteiger partial charge in [0.2, 0.25) is 0 Å². The number of ether oxygens (including phenoxy) is 1. The molecule has 0 bridgehead atoms. The molecule has 0 aliphatic carbocycles. The third-order valence-corrected chi connectivity index (χ3v) is 3.62. The third kappa shape index (κ3) is 2.02. The van der Waals surface area contributed by atoms with Crippen LogP contribution in [0.1, 0.15) is 20.7 Å². The predicted octanol–water partition coefficient (Wildman–Crippen LogP) is 2.73. The number of hydrogen-bond acceptors (Lipinski definition) is 4. The highest BCUT2D eigenvalue weighted by Crippen LogP contribution is 2.36. The van der Waals surface area contributed by atoms with Crippen molar-refractivity contribution in [3.05, 3.63) is 52.5 Å². The van der Waals surface area contributed by atoms with E-state index in [4.69, 9.17) is 22.1 Å². The van der Waals surface area contributed by atoms with Crippen molar-refractivity contribution < 1.29 is 14.3 Å². The molecule has 2 aromatic carbocycles. The van der Waals surface area contributed by atoms with Crippen LogP contribution in [-0.2, 0) is 0 Å². The Labute approximate surface area is 125 Å². The van der Waals surface area contributed by atoms with Gasteiger partial charge in [0.1, 0.15) is 5.75 Å². The standard InChI is InChI=1S/C15H11ClN2O3/c1-21-9-3-5-12(16)13(7-9)18-14(19)10-4-2-8(17)6-11(10)15(18)20/h2-7H,17H2,1H3. The lowest BCUT2D eigenvalue weighted by molar-refractivity contribution is 0.0926. The van der Waals surface area contributed by atoms with E-state index >= 15 is 0 Å². The minimum absolute atomic E-state index is 0.277. The molecule has 1 heterocycles. The number of nitrogens with zero attached hydrogens (tertiary/aromatic N) is 1. The second-order valence-electron chi connectivity index (χ2n) is 4.57. The fourth-order valence-corrected chi connectivity index (χ4v) is 2.47. The fraction of sp³-hybridized carbons (Fsp3) is 0.0667. The van der Waals surface area contributed by atoms with E-state index in [2.05, 4.69) is 0 Å². The summed E-state index contributed by atoms with van der Waals surface area (Å²) in [7, 11) is 1.50. The number of carbonyl (C=O) groups excluding carboxylic acids is 2. The van der Waals surface area contributed by atoms with Gasteiger partial charge in [-0.2, -0.15) is 0 Å². The van der Waals surface area contributed by atoms with Crippen LogP contribution in [0.4, 0.5) is 11.4 Å². The average Bonchev–Trinajstić information content (AvgIpc) is 2.71. The quantitative estimate of drug-likeness (QED) is 0.684. The number of amides is 2. The molecule has 21 heavy (non-hydrogen) atoms. The van der Waals surface area contributed by atoms with Crippen molar-refractivity contribution in [1.29, 1.82) is 0 Å². The largest absolute Gasteiger partial charge is 0.497 e. The Balaban J connectivity index is 2.14. The minimum atomic E-state index is -0.447. The molecule has 0 spiro atoms. The van der Waals surface area contributed by atoms with Gasteiger partial charge in [-0.3, -0.25) is 9.59 Å². The number of methoxy groups -OCH3 is 1. The predicted molar refractivity (Wildman–Crippen MR) is 80.0 cm³/mol. The molecular formula is C15H11ClN2O3. The summed E-state index contributed by atoms with van der Waals surface area (Å²) in [6, 6.07) is 9.40. The second kappa shape index (κ2) is 4.79. The Morgan fingerprint density at radius 2 is 1.76 bits per heavy atom. The van der Waals surface area contributed by atoms with Gasteiger partial charge in [-0.15, -0.1) is 0 Å². The first-order chi connectivity index (χ1) is 10.0. The molecule has 1 aliphatic heterocycles. The Morgan fingerprint density at radius 3 is 2.48 bits per heavy atom. The van der Waals surface area contributed by atoms with E-state index in [1.165, 1.54) is 13.2 Å². The SMILES string of the molecule is COc1ccc(Cl)c(N2C(=O)c3ccc(N)cc3C2=O)c1. The van der Waals surface area contributed by atoms with E-state index in [0.29, 0.717) is 27.7 Å². The van der Waals surface area contributed by atoms with E-state index in [9.17, 15) is 9.59 Å². The molecule has 6 heteroatoms. The number of nitrogens with two attached hydrogens (primary N) is 1. The first-order valence-corrected chi connectivity index (χ1v) is 6.52. The first-order valence-electron chi connectivity index (χ1n) is 6.15. The fourth-order valence-electron chi connectivity index (χ4n) is 2.27. The van der Waals surface area contributed by atoms with Gasteiger partial charge in [0.05, 0.1) is 28.9 Å². The highest BCUT2D eigenvalue weighted by atomic mass is 35.5. The lowest BCUT2D eigenvalue weighted by atomic mass is 10.1. The summed E-state index contributed by atoms with van der Waals surface area (Å²) in [5, 5.41) is 0.290. The number of rotatable bonds is 2. The summed E-state index contributed by atoms with van der Waals surface area (Å²) in [4.78, 5) is 25.9. The summed E-state index contributed by atoms with van der Waals surface area (Å²) in [6.07, 6.45) is 0. The van der Waals surface area contributed by atoms with Gasteiger partial charge in [0.25, 0.3) is 11.8 Å². The summed E-state index contributed by atoms with van der Waals surface area (Å²) in [6.45, 7) is 0. The number of fused-ring (bicyclic) bond motifs is 1. The number of hydrogen-bond donors (Lipinski definition) is 1. The molecule has 0 radical (unpaired) electrons. The summed E-state index contributed by atoms with van der Waals surface area (Å²) in [5.74, 6) is -0.368. The zero-order chi connectivity index (χ0) is 15.1. The van der Waals surface area contributed by atoms with E-state index in [1.54, 1.807) is 30.3 Å². The molecule has 5 nitrogen and oxygen atoms in total. The molecule has 1 aliphatic rings. The monoisotopic (exact) mass is 302 g/mol. The molecule has 0 saturated heterocycles. The number of halogens is 1. The molecular weight excluding hydrogens is 292 g/mol. The normalized spacial score (nSPS) is 13.5. The van der Waals surface area contributed by atoms with Crippen LogP contribution in [0.3, 0.4) is 0 Å². The molecule has 0 unspecified atom stereocenters. The van der Waals surface area contributed by atoms with Crippen LogP contribution in [0.15, 0.2) is 36.4 Å². The van der Waals surface area contributed by atoms with E-state index in [-0.39, 0.29) is 5.56 Å². The molecule has 0 saturated carbocycles. The first kappa shape index (κ1) is 13.5. The zero-order valence-corrected chi connectivity index (χ0v) is 11.8. The van der Waals surface area contributed by atoms with Crippen molar-refractivity contribution >= 4 is 34.8 Å². The highest BCUT2D eigenvalue weighted by molar-refractivity contribution is 6.40. The summed E-state index contributed by atoms with van der Waals surface area (Å²) < 4.78 is 5.11. The van der Waals surface area contributed by atoms with Crippen LogP contribution in [0.2, 0.25) is 5.02 Å². The smallest absolute Gasteiger partial charge is 0.266 e. The van der Waals surface area contributed by atoms with Crippen LogP contribution in [0.25, 0.3) is 0 Å². The van der Waals surface area contributed by atoms with Gasteiger partial charge < -0.3 is 10.5 Å². The number of imide groups is 1. The molecule has 2 N–H and O–H groups in total. The Morgan fingerprint density at radius 1 is 1.05 bits per heavy atom. The minimum Gasteiger partial charge on any atom is -0.497 e. The van der Waals surface area contributed by atoms with Crippen LogP contribution in [0, 0.1) is 0 Å². The maximum absolute atomic E-state index is 12.5. The van der Waals surface area contributed by atoms with Crippen LogP contribution < -0.4 is 15.4 Å². The van der Waals surface area contributed by atoms with Crippen LogP contribution in [0.5, 0.6) is 5.75 Å². The van der Waals surface area contributed by atoms with Gasteiger partial charge in [-0.05, 0) is 30.3 Å². The number of carbonyl (C=O) groups is 2. The molecule has 2 amide bonds. The van der Waals surface area contributed by atoms with E-state index in [1.807, 2.05) is 0 Å². The number of anilines is 2. The average molecular weight is 303 g/mol. The van der Waals surface area contributed by atoms with Gasteiger partial charge in [0, 0.05) is 11.8 Å². The van der Waals surface area contributed by atoms with Gasteiger partial charge in [-0.1, -0.05) is 11.6 Å². The lowest BCUT2D eigenvalue weighted by Crippen LogP contribution is -2.29. The number of nitrogen functional groups attached to an aromatic ring is 1. The summed E-state index contributed by atoms with van der Waals surface area (Å²) >= 11 is 6.11. The lowest BCUT2D eigenvalue weighted by Gasteiger charge is -2.16. The Kier molecular flexibility index (Phi) is 3.07. The van der Waals surface area contributed by atoms with Crippen LogP contribution in [-0.4, -0.2) is 18.9 Å². The van der Waals surface area contributed by atoms with Crippen molar-refractivity contribution in [2.45, 2.75) is 0 Å². The van der Waals surface area contributed by atoms with Gasteiger partial charge >= 0.3 is 0 Å². The second-order valence-corrected chi connectivity index (χ2v) is 4.98. The molecule has 0 atom stereocenters. The van der Waals surface area contributed by atoms with E-state index in [0.717, 1.165) is 4.90 Å². The molecule has 2 aromatic rings. The molecule has 0 fully saturated rings. The zero-order valence-electron chi connectivity index (χ0n) is 11.1.